The van der Waals surface area contributed by atoms with Crippen LogP contribution in [-0.2, 0) is 11.3 Å². The average Bonchev–Trinajstić information content (AvgIpc) is 2.45. The van der Waals surface area contributed by atoms with Gasteiger partial charge in [0.05, 0.1) is 0 Å². The Morgan fingerprint density at radius 1 is 1.33 bits per heavy atom. The molecule has 0 heterocycles. The minimum absolute atomic E-state index is 0.188. The van der Waals surface area contributed by atoms with Crippen molar-refractivity contribution in [3.63, 3.8) is 0 Å². The highest BCUT2D eigenvalue weighted by atomic mass is 35.5. The zero-order valence-corrected chi connectivity index (χ0v) is 13.9. The van der Waals surface area contributed by atoms with Crippen molar-refractivity contribution in [3.8, 4) is 0 Å². The molecule has 21 heavy (non-hydrogen) atoms. The summed E-state index contributed by atoms with van der Waals surface area (Å²) in [6, 6.07) is 7.65. The monoisotopic (exact) mass is 310 g/mol. The molecule has 2 N–H and O–H groups in total. The van der Waals surface area contributed by atoms with Crippen LogP contribution in [0.25, 0.3) is 0 Å². The van der Waals surface area contributed by atoms with E-state index in [1.165, 1.54) is 0 Å². The third-order valence-corrected chi connectivity index (χ3v) is 4.01. The third-order valence-electron chi connectivity index (χ3n) is 3.77. The Bertz CT molecular complexity index is 431. The lowest BCUT2D eigenvalue weighted by atomic mass is 9.94. The van der Waals surface area contributed by atoms with E-state index in [0.717, 1.165) is 31.2 Å². The topological polar surface area (TPSA) is 46.3 Å². The van der Waals surface area contributed by atoms with Gasteiger partial charge in [-0.2, -0.15) is 0 Å². The smallest absolute Gasteiger partial charge is 0.222 e. The molecule has 0 bridgehead atoms. The summed E-state index contributed by atoms with van der Waals surface area (Å²) < 4.78 is 0. The number of hydrogen-bond donors (Lipinski definition) is 1. The first-order chi connectivity index (χ1) is 10.1. The fraction of sp³-hybridized carbons (Fsp3) is 0.588. The zero-order chi connectivity index (χ0) is 15.7. The summed E-state index contributed by atoms with van der Waals surface area (Å²) in [4.78, 5) is 14.0. The number of halogens is 1. The molecular formula is C17H27ClN2O. The molecule has 118 valence electrons. The molecule has 0 aliphatic heterocycles. The van der Waals surface area contributed by atoms with E-state index < -0.39 is 0 Å². The second-order valence-electron chi connectivity index (χ2n) is 5.65. The molecule has 0 saturated carbocycles. The summed E-state index contributed by atoms with van der Waals surface area (Å²) in [5.74, 6) is 0.761. The van der Waals surface area contributed by atoms with Crippen LogP contribution >= 0.6 is 11.6 Å². The molecule has 0 saturated heterocycles. The zero-order valence-electron chi connectivity index (χ0n) is 13.1. The van der Waals surface area contributed by atoms with E-state index in [4.69, 9.17) is 17.3 Å². The quantitative estimate of drug-likeness (QED) is 0.753. The predicted octanol–water partition coefficient (Wildman–Crippen LogP) is 3.84. The van der Waals surface area contributed by atoms with Crippen molar-refractivity contribution >= 4 is 17.5 Å². The van der Waals surface area contributed by atoms with Crippen molar-refractivity contribution in [2.75, 3.05) is 13.6 Å². The first-order valence-corrected chi connectivity index (χ1v) is 8.13. The Kier molecular flexibility index (Phi) is 8.40. The molecule has 0 fully saturated rings. The van der Waals surface area contributed by atoms with Gasteiger partial charge in [-0.25, -0.2) is 0 Å². The maximum Gasteiger partial charge on any atom is 0.222 e. The number of benzene rings is 1. The minimum atomic E-state index is 0.188. The Labute approximate surface area is 133 Å². The SMILES string of the molecule is CCCC(CCN)CCC(=O)N(C)Cc1cccc(Cl)c1. The van der Waals surface area contributed by atoms with Gasteiger partial charge < -0.3 is 10.6 Å². The van der Waals surface area contributed by atoms with E-state index in [2.05, 4.69) is 6.92 Å². The van der Waals surface area contributed by atoms with E-state index in [1.807, 2.05) is 31.3 Å². The van der Waals surface area contributed by atoms with Gasteiger partial charge in [0, 0.05) is 25.0 Å². The van der Waals surface area contributed by atoms with Crippen LogP contribution in [0, 0.1) is 5.92 Å². The average molecular weight is 311 g/mol. The van der Waals surface area contributed by atoms with Gasteiger partial charge in [0.15, 0.2) is 0 Å². The Balaban J connectivity index is 2.43. The lowest BCUT2D eigenvalue weighted by Gasteiger charge is -2.20. The summed E-state index contributed by atoms with van der Waals surface area (Å²) in [7, 11) is 1.85. The molecule has 0 aliphatic carbocycles. The van der Waals surface area contributed by atoms with Gasteiger partial charge in [0.25, 0.3) is 0 Å². The Morgan fingerprint density at radius 2 is 2.10 bits per heavy atom. The van der Waals surface area contributed by atoms with Gasteiger partial charge >= 0.3 is 0 Å². The summed E-state index contributed by atoms with van der Waals surface area (Å²) in [6.45, 7) is 3.49. The predicted molar refractivity (Wildman–Crippen MR) is 89.2 cm³/mol. The Hall–Kier alpha value is -1.06. The van der Waals surface area contributed by atoms with Crippen LogP contribution in [0.1, 0.15) is 44.6 Å². The largest absolute Gasteiger partial charge is 0.341 e. The number of nitrogens with two attached hydrogens (primary N) is 1. The molecular weight excluding hydrogens is 284 g/mol. The summed E-state index contributed by atoms with van der Waals surface area (Å²) in [5, 5.41) is 0.708. The standard InChI is InChI=1S/C17H27ClN2O/c1-3-5-14(10-11-19)8-9-17(21)20(2)13-15-6-4-7-16(18)12-15/h4,6-7,12,14H,3,5,8-11,13,19H2,1-2H3. The second-order valence-corrected chi connectivity index (χ2v) is 6.09. The van der Waals surface area contributed by atoms with Crippen molar-refractivity contribution in [2.45, 2.75) is 45.6 Å². The molecule has 1 aromatic carbocycles. The van der Waals surface area contributed by atoms with Crippen LogP contribution in [0.2, 0.25) is 5.02 Å². The van der Waals surface area contributed by atoms with E-state index in [0.29, 0.717) is 30.5 Å². The number of amides is 1. The molecule has 0 aromatic heterocycles. The number of hydrogen-bond acceptors (Lipinski definition) is 2. The fourth-order valence-electron chi connectivity index (χ4n) is 2.59. The molecule has 3 nitrogen and oxygen atoms in total. The summed E-state index contributed by atoms with van der Waals surface area (Å²) in [5.41, 5.74) is 6.69. The van der Waals surface area contributed by atoms with Crippen molar-refractivity contribution in [3.05, 3.63) is 34.9 Å². The van der Waals surface area contributed by atoms with Gasteiger partial charge in [0.1, 0.15) is 0 Å². The molecule has 0 spiro atoms. The third kappa shape index (κ3) is 6.96. The van der Waals surface area contributed by atoms with E-state index in [-0.39, 0.29) is 5.91 Å². The van der Waals surface area contributed by atoms with Gasteiger partial charge in [-0.15, -0.1) is 0 Å². The van der Waals surface area contributed by atoms with Crippen molar-refractivity contribution < 1.29 is 4.79 Å². The summed E-state index contributed by atoms with van der Waals surface area (Å²) >= 11 is 5.96. The van der Waals surface area contributed by atoms with Crippen molar-refractivity contribution in [1.29, 1.82) is 0 Å². The van der Waals surface area contributed by atoms with Crippen molar-refractivity contribution in [1.82, 2.24) is 4.90 Å². The molecule has 0 aliphatic rings. The fourth-order valence-corrected chi connectivity index (χ4v) is 2.81. The van der Waals surface area contributed by atoms with Crippen LogP contribution in [0.3, 0.4) is 0 Å². The Morgan fingerprint density at radius 3 is 2.71 bits per heavy atom. The van der Waals surface area contributed by atoms with Crippen LogP contribution in [0.15, 0.2) is 24.3 Å². The first-order valence-electron chi connectivity index (χ1n) is 7.75. The molecule has 1 atom stereocenters. The highest BCUT2D eigenvalue weighted by Crippen LogP contribution is 2.18. The summed E-state index contributed by atoms with van der Waals surface area (Å²) in [6.07, 6.45) is 4.85. The second kappa shape index (κ2) is 9.80. The highest BCUT2D eigenvalue weighted by molar-refractivity contribution is 6.30. The number of carbonyl (C=O) groups is 1. The van der Waals surface area contributed by atoms with Crippen LogP contribution < -0.4 is 5.73 Å². The van der Waals surface area contributed by atoms with Crippen LogP contribution in [-0.4, -0.2) is 24.4 Å². The molecule has 1 rings (SSSR count). The van der Waals surface area contributed by atoms with Crippen LogP contribution in [0.5, 0.6) is 0 Å². The number of nitrogens with zero attached hydrogens (tertiary/aromatic N) is 1. The minimum Gasteiger partial charge on any atom is -0.341 e. The van der Waals surface area contributed by atoms with Crippen molar-refractivity contribution in [2.24, 2.45) is 11.7 Å². The van der Waals surface area contributed by atoms with E-state index >= 15 is 0 Å². The highest BCUT2D eigenvalue weighted by Gasteiger charge is 2.13. The molecule has 1 unspecified atom stereocenters. The number of rotatable bonds is 9. The molecule has 1 amide bonds. The molecule has 1 aromatic rings. The molecule has 0 radical (unpaired) electrons. The maximum absolute atomic E-state index is 12.2. The molecule has 4 heteroatoms. The lowest BCUT2D eigenvalue weighted by Crippen LogP contribution is -2.26. The van der Waals surface area contributed by atoms with Gasteiger partial charge in [-0.1, -0.05) is 43.5 Å². The van der Waals surface area contributed by atoms with Gasteiger partial charge in [0.2, 0.25) is 5.91 Å². The van der Waals surface area contributed by atoms with Crippen LogP contribution in [0.4, 0.5) is 0 Å². The van der Waals surface area contributed by atoms with E-state index in [1.54, 1.807) is 4.90 Å². The normalized spacial score (nSPS) is 12.2. The van der Waals surface area contributed by atoms with E-state index in [9.17, 15) is 4.79 Å². The lowest BCUT2D eigenvalue weighted by molar-refractivity contribution is -0.130. The maximum atomic E-state index is 12.2. The number of carbonyl (C=O) groups excluding carboxylic acids is 1. The first kappa shape index (κ1) is 18.0. The van der Waals surface area contributed by atoms with Gasteiger partial charge in [-0.05, 0) is 43.0 Å². The van der Waals surface area contributed by atoms with Gasteiger partial charge in [-0.3, -0.25) is 4.79 Å².